The molecule has 6 nitrogen and oxygen atoms in total. The van der Waals surface area contributed by atoms with Crippen LogP contribution in [0.4, 0.5) is 11.5 Å². The number of rotatable bonds is 8. The number of pyridine rings is 1. The third-order valence-corrected chi connectivity index (χ3v) is 3.18. The van der Waals surface area contributed by atoms with Gasteiger partial charge in [0.1, 0.15) is 11.6 Å². The van der Waals surface area contributed by atoms with E-state index in [1.807, 2.05) is 24.3 Å². The molecule has 23 heavy (non-hydrogen) atoms. The van der Waals surface area contributed by atoms with E-state index in [1.54, 1.807) is 32.5 Å². The third kappa shape index (κ3) is 5.27. The van der Waals surface area contributed by atoms with E-state index in [4.69, 9.17) is 9.47 Å². The summed E-state index contributed by atoms with van der Waals surface area (Å²) < 4.78 is 10.1. The van der Waals surface area contributed by atoms with Crippen molar-refractivity contribution in [2.75, 3.05) is 32.7 Å². The Morgan fingerprint density at radius 3 is 2.87 bits per heavy atom. The average molecular weight is 315 g/mol. The number of aromatic nitrogens is 1. The summed E-state index contributed by atoms with van der Waals surface area (Å²) in [5, 5.41) is 6.01. The van der Waals surface area contributed by atoms with E-state index < -0.39 is 0 Å². The molecule has 122 valence electrons. The van der Waals surface area contributed by atoms with Crippen LogP contribution in [0.3, 0.4) is 0 Å². The van der Waals surface area contributed by atoms with Gasteiger partial charge in [-0.3, -0.25) is 4.79 Å². The molecule has 0 atom stereocenters. The lowest BCUT2D eigenvalue weighted by Gasteiger charge is -2.09. The van der Waals surface area contributed by atoms with Gasteiger partial charge in [-0.15, -0.1) is 0 Å². The van der Waals surface area contributed by atoms with Gasteiger partial charge in [-0.2, -0.15) is 0 Å². The van der Waals surface area contributed by atoms with E-state index in [0.717, 1.165) is 17.9 Å². The number of benzene rings is 1. The Labute approximate surface area is 135 Å². The average Bonchev–Trinajstić information content (AvgIpc) is 2.59. The van der Waals surface area contributed by atoms with Crippen LogP contribution in [0.1, 0.15) is 16.8 Å². The molecule has 1 aromatic carbocycles. The Balaban J connectivity index is 2.00. The SMILES string of the molecule is COCCCNC(=O)c1ccnc(Nc2cccc(OC)c2)c1. The molecule has 1 amide bonds. The molecule has 0 unspecified atom stereocenters. The van der Waals surface area contributed by atoms with Crippen LogP contribution in [0, 0.1) is 0 Å². The van der Waals surface area contributed by atoms with Crippen molar-refractivity contribution in [2.24, 2.45) is 0 Å². The Morgan fingerprint density at radius 1 is 1.22 bits per heavy atom. The summed E-state index contributed by atoms with van der Waals surface area (Å²) in [7, 11) is 3.26. The van der Waals surface area contributed by atoms with Crippen molar-refractivity contribution >= 4 is 17.4 Å². The summed E-state index contributed by atoms with van der Waals surface area (Å²) in [6.07, 6.45) is 2.38. The molecule has 0 bridgehead atoms. The summed E-state index contributed by atoms with van der Waals surface area (Å²) in [6.45, 7) is 1.20. The van der Waals surface area contributed by atoms with Gasteiger partial charge in [0.2, 0.25) is 0 Å². The van der Waals surface area contributed by atoms with Crippen LogP contribution in [0.15, 0.2) is 42.6 Å². The van der Waals surface area contributed by atoms with Gasteiger partial charge in [-0.05, 0) is 30.7 Å². The molecule has 0 spiro atoms. The number of hydrogen-bond donors (Lipinski definition) is 2. The highest BCUT2D eigenvalue weighted by molar-refractivity contribution is 5.94. The maximum Gasteiger partial charge on any atom is 0.251 e. The zero-order valence-corrected chi connectivity index (χ0v) is 13.3. The minimum Gasteiger partial charge on any atom is -0.497 e. The molecule has 0 aliphatic carbocycles. The van der Waals surface area contributed by atoms with E-state index in [1.165, 1.54) is 0 Å². The highest BCUT2D eigenvalue weighted by atomic mass is 16.5. The molecule has 2 aromatic rings. The predicted molar refractivity (Wildman–Crippen MR) is 89.3 cm³/mol. The van der Waals surface area contributed by atoms with Crippen LogP contribution < -0.4 is 15.4 Å². The molecule has 0 radical (unpaired) electrons. The molecular formula is C17H21N3O3. The highest BCUT2D eigenvalue weighted by Gasteiger charge is 2.07. The van der Waals surface area contributed by atoms with Gasteiger partial charge < -0.3 is 20.1 Å². The number of carbonyl (C=O) groups is 1. The minimum absolute atomic E-state index is 0.128. The summed E-state index contributed by atoms with van der Waals surface area (Å²) in [6, 6.07) is 10.9. The summed E-state index contributed by atoms with van der Waals surface area (Å²) in [4.78, 5) is 16.3. The van der Waals surface area contributed by atoms with E-state index in [2.05, 4.69) is 15.6 Å². The van der Waals surface area contributed by atoms with E-state index in [-0.39, 0.29) is 5.91 Å². The number of carbonyl (C=O) groups excluding carboxylic acids is 1. The van der Waals surface area contributed by atoms with Crippen molar-refractivity contribution in [2.45, 2.75) is 6.42 Å². The standard InChI is InChI=1S/C17H21N3O3/c1-22-10-4-8-19-17(21)13-7-9-18-16(11-13)20-14-5-3-6-15(12-14)23-2/h3,5-7,9,11-12H,4,8,10H2,1-2H3,(H,18,20)(H,19,21). The van der Waals surface area contributed by atoms with Crippen LogP contribution in [0.25, 0.3) is 0 Å². The lowest BCUT2D eigenvalue weighted by atomic mass is 10.2. The maximum absolute atomic E-state index is 12.1. The topological polar surface area (TPSA) is 72.5 Å². The van der Waals surface area contributed by atoms with Crippen LogP contribution in [0.2, 0.25) is 0 Å². The molecule has 0 saturated heterocycles. The Hall–Kier alpha value is -2.60. The summed E-state index contributed by atoms with van der Waals surface area (Å²) in [5.74, 6) is 1.22. The fourth-order valence-electron chi connectivity index (χ4n) is 2.01. The number of nitrogens with zero attached hydrogens (tertiary/aromatic N) is 1. The van der Waals surface area contributed by atoms with E-state index in [0.29, 0.717) is 24.5 Å². The second-order valence-electron chi connectivity index (χ2n) is 4.89. The first-order valence-corrected chi connectivity index (χ1v) is 7.37. The molecule has 2 N–H and O–H groups in total. The third-order valence-electron chi connectivity index (χ3n) is 3.18. The van der Waals surface area contributed by atoms with Gasteiger partial charge >= 0.3 is 0 Å². The number of anilines is 2. The Morgan fingerprint density at radius 2 is 2.09 bits per heavy atom. The second kappa shape index (κ2) is 8.75. The highest BCUT2D eigenvalue weighted by Crippen LogP contribution is 2.20. The predicted octanol–water partition coefficient (Wildman–Crippen LogP) is 2.60. The lowest BCUT2D eigenvalue weighted by Crippen LogP contribution is -2.25. The Kier molecular flexibility index (Phi) is 6.38. The van der Waals surface area contributed by atoms with Crippen molar-refractivity contribution in [3.8, 4) is 5.75 Å². The zero-order chi connectivity index (χ0) is 16.5. The Bertz CT molecular complexity index is 646. The lowest BCUT2D eigenvalue weighted by molar-refractivity contribution is 0.0948. The van der Waals surface area contributed by atoms with Gasteiger partial charge in [0.15, 0.2) is 0 Å². The van der Waals surface area contributed by atoms with Gasteiger partial charge in [-0.25, -0.2) is 4.98 Å². The summed E-state index contributed by atoms with van der Waals surface area (Å²) in [5.41, 5.74) is 1.40. The van der Waals surface area contributed by atoms with Gasteiger partial charge in [-0.1, -0.05) is 6.07 Å². The fourth-order valence-corrected chi connectivity index (χ4v) is 2.01. The van der Waals surface area contributed by atoms with Crippen LogP contribution in [0.5, 0.6) is 5.75 Å². The number of ether oxygens (including phenoxy) is 2. The molecule has 0 fully saturated rings. The molecule has 0 saturated carbocycles. The summed E-state index contributed by atoms with van der Waals surface area (Å²) >= 11 is 0. The first kappa shape index (κ1) is 16.8. The van der Waals surface area contributed by atoms with Crippen LogP contribution in [-0.2, 0) is 4.74 Å². The van der Waals surface area contributed by atoms with Crippen molar-refractivity contribution in [3.63, 3.8) is 0 Å². The van der Waals surface area contributed by atoms with E-state index >= 15 is 0 Å². The molecular weight excluding hydrogens is 294 g/mol. The molecule has 1 heterocycles. The molecule has 6 heteroatoms. The first-order valence-electron chi connectivity index (χ1n) is 7.37. The maximum atomic E-state index is 12.1. The number of methoxy groups -OCH3 is 2. The van der Waals surface area contributed by atoms with Crippen molar-refractivity contribution in [1.82, 2.24) is 10.3 Å². The largest absolute Gasteiger partial charge is 0.497 e. The van der Waals surface area contributed by atoms with Crippen molar-refractivity contribution in [3.05, 3.63) is 48.2 Å². The smallest absolute Gasteiger partial charge is 0.251 e. The second-order valence-corrected chi connectivity index (χ2v) is 4.89. The molecule has 0 aliphatic heterocycles. The molecule has 0 aliphatic rings. The number of nitrogens with one attached hydrogen (secondary N) is 2. The minimum atomic E-state index is -0.128. The number of hydrogen-bond acceptors (Lipinski definition) is 5. The van der Waals surface area contributed by atoms with Crippen molar-refractivity contribution < 1.29 is 14.3 Å². The molecule has 1 aromatic heterocycles. The van der Waals surface area contributed by atoms with Gasteiger partial charge in [0.05, 0.1) is 7.11 Å². The molecule has 2 rings (SSSR count). The zero-order valence-electron chi connectivity index (χ0n) is 13.3. The van der Waals surface area contributed by atoms with Crippen LogP contribution in [-0.4, -0.2) is 38.3 Å². The quantitative estimate of drug-likeness (QED) is 0.733. The monoisotopic (exact) mass is 315 g/mol. The first-order chi connectivity index (χ1) is 11.2. The van der Waals surface area contributed by atoms with Gasteiger partial charge in [0.25, 0.3) is 5.91 Å². The fraction of sp³-hybridized carbons (Fsp3) is 0.294. The van der Waals surface area contributed by atoms with Crippen molar-refractivity contribution in [1.29, 1.82) is 0 Å². The van der Waals surface area contributed by atoms with Gasteiger partial charge in [0, 0.05) is 43.8 Å². The number of amides is 1. The van der Waals surface area contributed by atoms with E-state index in [9.17, 15) is 4.79 Å². The van der Waals surface area contributed by atoms with Crippen LogP contribution >= 0.6 is 0 Å². The normalized spacial score (nSPS) is 10.2.